The summed E-state index contributed by atoms with van der Waals surface area (Å²) >= 11 is 1.28. The molecule has 0 unspecified atom stereocenters. The van der Waals surface area contributed by atoms with Gasteiger partial charge in [-0.05, 0) is 0 Å². The first-order valence-corrected chi connectivity index (χ1v) is 8.90. The number of carbonyl (C=O) groups is 1. The largest absolute Gasteiger partial charge is 0.497 e. The first-order valence-electron chi connectivity index (χ1n) is 7.92. The summed E-state index contributed by atoms with van der Waals surface area (Å²) in [4.78, 5) is 20.5. The number of hydrogen-bond acceptors (Lipinski definition) is 8. The van der Waals surface area contributed by atoms with Crippen molar-refractivity contribution in [2.75, 3.05) is 25.3 Å². The smallest absolute Gasteiger partial charge is 0.234 e. The third-order valence-electron chi connectivity index (χ3n) is 3.59. The fourth-order valence-electron chi connectivity index (χ4n) is 2.28. The Hall–Kier alpha value is -3.14. The molecule has 10 heteroatoms. The molecule has 1 N–H and O–H groups in total. The van der Waals surface area contributed by atoms with Gasteiger partial charge in [0.05, 0.1) is 26.2 Å². The molecule has 9 nitrogen and oxygen atoms in total. The molecule has 3 rings (SSSR count). The lowest BCUT2D eigenvalue weighted by Gasteiger charge is -2.09. The van der Waals surface area contributed by atoms with E-state index in [1.54, 1.807) is 55.6 Å². The molecule has 0 radical (unpaired) electrons. The van der Waals surface area contributed by atoms with Crippen molar-refractivity contribution < 1.29 is 14.3 Å². The number of methoxy groups -OCH3 is 2. The van der Waals surface area contributed by atoms with Crippen LogP contribution in [0.5, 0.6) is 11.5 Å². The number of anilines is 1. The molecular formula is C17H18N6O3S. The number of ether oxygens (including phenoxy) is 2. The zero-order chi connectivity index (χ0) is 19.2. The minimum Gasteiger partial charge on any atom is -0.497 e. The lowest BCUT2D eigenvalue weighted by atomic mass is 10.2. The van der Waals surface area contributed by atoms with Crippen LogP contribution in [0, 0.1) is 0 Å². The number of carbonyl (C=O) groups excluding carboxylic acids is 1. The lowest BCUT2D eigenvalue weighted by molar-refractivity contribution is -0.113. The molecule has 0 aliphatic heterocycles. The van der Waals surface area contributed by atoms with Gasteiger partial charge in [0.1, 0.15) is 17.2 Å². The van der Waals surface area contributed by atoms with E-state index in [-0.39, 0.29) is 11.7 Å². The molecule has 0 aliphatic rings. The van der Waals surface area contributed by atoms with Crippen LogP contribution < -0.4 is 14.8 Å². The summed E-state index contributed by atoms with van der Waals surface area (Å²) in [5.41, 5.74) is 1.21. The van der Waals surface area contributed by atoms with Gasteiger partial charge in [0.15, 0.2) is 11.0 Å². The SMILES string of the molecule is COc1cc(NC(=O)CSc2nnc(-c3cnccn3)n2C)cc(OC)c1. The predicted molar refractivity (Wildman–Crippen MR) is 101 cm³/mol. The summed E-state index contributed by atoms with van der Waals surface area (Å²) < 4.78 is 12.2. The molecule has 0 fully saturated rings. The van der Waals surface area contributed by atoms with Gasteiger partial charge in [0.25, 0.3) is 0 Å². The average molecular weight is 386 g/mol. The van der Waals surface area contributed by atoms with Gasteiger partial charge in [0.2, 0.25) is 5.91 Å². The second kappa shape index (κ2) is 8.49. The second-order valence-electron chi connectivity index (χ2n) is 5.39. The Labute approximate surface area is 160 Å². The maximum absolute atomic E-state index is 12.3. The van der Waals surface area contributed by atoms with E-state index in [1.807, 2.05) is 7.05 Å². The van der Waals surface area contributed by atoms with Crippen LogP contribution >= 0.6 is 11.8 Å². The Morgan fingerprint density at radius 1 is 1.15 bits per heavy atom. The van der Waals surface area contributed by atoms with Gasteiger partial charge in [-0.25, -0.2) is 4.98 Å². The highest BCUT2D eigenvalue weighted by Gasteiger charge is 2.14. The van der Waals surface area contributed by atoms with Crippen LogP contribution in [0.1, 0.15) is 0 Å². The summed E-state index contributed by atoms with van der Waals surface area (Å²) in [6.45, 7) is 0. The van der Waals surface area contributed by atoms with Crippen LogP contribution in [0.3, 0.4) is 0 Å². The molecule has 27 heavy (non-hydrogen) atoms. The Morgan fingerprint density at radius 3 is 2.52 bits per heavy atom. The molecular weight excluding hydrogens is 368 g/mol. The zero-order valence-electron chi connectivity index (χ0n) is 15.0. The van der Waals surface area contributed by atoms with E-state index in [9.17, 15) is 4.79 Å². The quantitative estimate of drug-likeness (QED) is 0.615. The van der Waals surface area contributed by atoms with Crippen molar-refractivity contribution in [1.82, 2.24) is 24.7 Å². The average Bonchev–Trinajstić information content (AvgIpc) is 3.07. The molecule has 0 spiro atoms. The van der Waals surface area contributed by atoms with Gasteiger partial charge in [-0.1, -0.05) is 11.8 Å². The molecule has 1 amide bonds. The first-order chi connectivity index (χ1) is 13.1. The summed E-state index contributed by atoms with van der Waals surface area (Å²) in [5, 5.41) is 11.7. The number of nitrogens with zero attached hydrogens (tertiary/aromatic N) is 5. The Kier molecular flexibility index (Phi) is 5.87. The third-order valence-corrected chi connectivity index (χ3v) is 4.61. The van der Waals surface area contributed by atoms with Crippen molar-refractivity contribution in [3.63, 3.8) is 0 Å². The summed E-state index contributed by atoms with van der Waals surface area (Å²) in [6.07, 6.45) is 4.79. The highest BCUT2D eigenvalue weighted by atomic mass is 32.2. The lowest BCUT2D eigenvalue weighted by Crippen LogP contribution is -2.14. The number of amides is 1. The van der Waals surface area contributed by atoms with Crippen molar-refractivity contribution in [1.29, 1.82) is 0 Å². The number of benzene rings is 1. The molecule has 2 aromatic heterocycles. The monoisotopic (exact) mass is 386 g/mol. The van der Waals surface area contributed by atoms with E-state index < -0.39 is 0 Å². The maximum Gasteiger partial charge on any atom is 0.234 e. The topological polar surface area (TPSA) is 104 Å². The van der Waals surface area contributed by atoms with Crippen molar-refractivity contribution in [3.8, 4) is 23.0 Å². The van der Waals surface area contributed by atoms with Crippen LogP contribution in [0.25, 0.3) is 11.5 Å². The summed E-state index contributed by atoms with van der Waals surface area (Å²) in [7, 11) is 4.93. The highest BCUT2D eigenvalue weighted by molar-refractivity contribution is 7.99. The van der Waals surface area contributed by atoms with E-state index in [2.05, 4.69) is 25.5 Å². The Bertz CT molecular complexity index is 909. The van der Waals surface area contributed by atoms with Gasteiger partial charge < -0.3 is 19.4 Å². The van der Waals surface area contributed by atoms with Crippen LogP contribution in [0.15, 0.2) is 41.9 Å². The van der Waals surface area contributed by atoms with Gasteiger partial charge in [0, 0.05) is 43.3 Å². The molecule has 140 valence electrons. The second-order valence-corrected chi connectivity index (χ2v) is 6.34. The van der Waals surface area contributed by atoms with E-state index in [4.69, 9.17) is 9.47 Å². The van der Waals surface area contributed by atoms with Crippen LogP contribution in [0.4, 0.5) is 5.69 Å². The normalized spacial score (nSPS) is 10.5. The highest BCUT2D eigenvalue weighted by Crippen LogP contribution is 2.26. The fourth-order valence-corrected chi connectivity index (χ4v) is 3.00. The molecule has 0 saturated heterocycles. The van der Waals surface area contributed by atoms with Crippen molar-refractivity contribution >= 4 is 23.4 Å². The van der Waals surface area contributed by atoms with Gasteiger partial charge in [-0.3, -0.25) is 9.78 Å². The van der Waals surface area contributed by atoms with Crippen molar-refractivity contribution in [2.45, 2.75) is 5.16 Å². The van der Waals surface area contributed by atoms with E-state index in [0.717, 1.165) is 0 Å². The van der Waals surface area contributed by atoms with E-state index in [0.29, 0.717) is 33.9 Å². The predicted octanol–water partition coefficient (Wildman–Crippen LogP) is 2.02. The number of rotatable bonds is 7. The Balaban J connectivity index is 1.64. The maximum atomic E-state index is 12.3. The standard InChI is InChI=1S/C17H18N6O3S/c1-23-16(14-9-18-4-5-19-14)21-22-17(23)27-10-15(24)20-11-6-12(25-2)8-13(7-11)26-3/h4-9H,10H2,1-3H3,(H,20,24). The first kappa shape index (κ1) is 18.6. The molecule has 3 aromatic rings. The van der Waals surface area contributed by atoms with Crippen molar-refractivity contribution in [2.24, 2.45) is 7.05 Å². The van der Waals surface area contributed by atoms with Crippen molar-refractivity contribution in [3.05, 3.63) is 36.8 Å². The molecule has 1 aromatic carbocycles. The Morgan fingerprint density at radius 2 is 1.89 bits per heavy atom. The number of thioether (sulfide) groups is 1. The molecule has 0 aliphatic carbocycles. The number of nitrogens with one attached hydrogen (secondary N) is 1. The molecule has 0 atom stereocenters. The number of aromatic nitrogens is 5. The molecule has 0 saturated carbocycles. The summed E-state index contributed by atoms with van der Waals surface area (Å²) in [6, 6.07) is 5.18. The van der Waals surface area contributed by atoms with Crippen LogP contribution in [0.2, 0.25) is 0 Å². The van der Waals surface area contributed by atoms with Crippen LogP contribution in [-0.2, 0) is 11.8 Å². The van der Waals surface area contributed by atoms with Gasteiger partial charge >= 0.3 is 0 Å². The molecule has 2 heterocycles. The molecule has 0 bridgehead atoms. The van der Waals surface area contributed by atoms with Crippen LogP contribution in [-0.4, -0.2) is 50.6 Å². The third kappa shape index (κ3) is 4.53. The minimum atomic E-state index is -0.181. The van der Waals surface area contributed by atoms with E-state index >= 15 is 0 Å². The number of hydrogen-bond donors (Lipinski definition) is 1. The summed E-state index contributed by atoms with van der Waals surface area (Å²) in [5.74, 6) is 1.77. The fraction of sp³-hybridized carbons (Fsp3) is 0.235. The van der Waals surface area contributed by atoms with Gasteiger partial charge in [-0.2, -0.15) is 0 Å². The minimum absolute atomic E-state index is 0.173. The zero-order valence-corrected chi connectivity index (χ0v) is 15.9. The van der Waals surface area contributed by atoms with E-state index in [1.165, 1.54) is 11.8 Å². The van der Waals surface area contributed by atoms with Gasteiger partial charge in [-0.15, -0.1) is 10.2 Å².